The van der Waals surface area contributed by atoms with Crippen molar-refractivity contribution in [2.24, 2.45) is 5.10 Å². The quantitative estimate of drug-likeness (QED) is 0.843. The first kappa shape index (κ1) is 16.5. The summed E-state index contributed by atoms with van der Waals surface area (Å²) < 4.78 is 0. The summed E-state index contributed by atoms with van der Waals surface area (Å²) in [4.78, 5) is 12.4. The van der Waals surface area contributed by atoms with E-state index in [0.29, 0.717) is 17.1 Å². The Morgan fingerprint density at radius 3 is 2.67 bits per heavy atom. The lowest BCUT2D eigenvalue weighted by molar-refractivity contribution is -0.132. The fourth-order valence-corrected chi connectivity index (χ4v) is 3.10. The van der Waals surface area contributed by atoms with E-state index >= 15 is 0 Å². The normalized spacial score (nSPS) is 17.0. The summed E-state index contributed by atoms with van der Waals surface area (Å²) in [5, 5.41) is 6.96. The second-order valence-corrected chi connectivity index (χ2v) is 6.45. The molecule has 4 nitrogen and oxygen atoms in total. The van der Waals surface area contributed by atoms with Gasteiger partial charge in [-0.15, -0.1) is 0 Å². The molecule has 24 heavy (non-hydrogen) atoms. The van der Waals surface area contributed by atoms with Crippen LogP contribution in [0.3, 0.4) is 0 Å². The fourth-order valence-electron chi connectivity index (χ4n) is 2.93. The molecule has 2 aromatic rings. The lowest BCUT2D eigenvalue weighted by Crippen LogP contribution is -2.34. The first-order chi connectivity index (χ1) is 11.5. The maximum Gasteiger partial charge on any atom is 0.242 e. The van der Waals surface area contributed by atoms with Gasteiger partial charge in [0.2, 0.25) is 5.91 Å². The van der Waals surface area contributed by atoms with Gasteiger partial charge in [0.1, 0.15) is 0 Å². The minimum atomic E-state index is -0.0105. The van der Waals surface area contributed by atoms with Crippen LogP contribution in [0.2, 0.25) is 5.02 Å². The number of benzene rings is 2. The summed E-state index contributed by atoms with van der Waals surface area (Å²) in [6, 6.07) is 13.3. The molecular weight excluding hydrogens is 322 g/mol. The fraction of sp³-hybridized carbons (Fsp3) is 0.263. The highest BCUT2D eigenvalue weighted by atomic mass is 35.5. The number of rotatable bonds is 2. The maximum absolute atomic E-state index is 12.4. The highest BCUT2D eigenvalue weighted by Gasteiger charge is 2.26. The summed E-state index contributed by atoms with van der Waals surface area (Å²) in [6.45, 7) is 3.86. The number of nitrogens with two attached hydrogens (primary N) is 1. The Kier molecular flexibility index (Phi) is 4.58. The van der Waals surface area contributed by atoms with Crippen molar-refractivity contribution in [2.45, 2.75) is 32.7 Å². The Morgan fingerprint density at radius 2 is 2.00 bits per heavy atom. The maximum atomic E-state index is 12.4. The second-order valence-electron chi connectivity index (χ2n) is 6.02. The van der Waals surface area contributed by atoms with Gasteiger partial charge in [-0.25, -0.2) is 5.01 Å². The van der Waals surface area contributed by atoms with Gasteiger partial charge in [0.15, 0.2) is 0 Å². The smallest absolute Gasteiger partial charge is 0.242 e. The van der Waals surface area contributed by atoms with Crippen molar-refractivity contribution < 1.29 is 4.79 Å². The minimum absolute atomic E-state index is 0.00866. The molecule has 1 atom stereocenters. The molecule has 2 N–H and O–H groups in total. The standard InChI is InChI=1S/C19H20ClN3O/c1-3-18(24)23-12(2)10-14-4-7-15(20)11-17(14)19(22-23)13-5-8-16(21)9-6-13/h4-9,11-12H,3,10,21H2,1-2H3. The summed E-state index contributed by atoms with van der Waals surface area (Å²) >= 11 is 6.21. The third kappa shape index (κ3) is 3.15. The van der Waals surface area contributed by atoms with Crippen LogP contribution in [0.25, 0.3) is 0 Å². The number of nitrogens with zero attached hydrogens (tertiary/aromatic N) is 2. The number of fused-ring (bicyclic) bond motifs is 1. The summed E-state index contributed by atoms with van der Waals surface area (Å²) in [5.74, 6) is 0.00866. The van der Waals surface area contributed by atoms with E-state index in [1.807, 2.05) is 56.3 Å². The molecule has 0 saturated heterocycles. The largest absolute Gasteiger partial charge is 0.399 e. The molecule has 124 valence electrons. The van der Waals surface area contributed by atoms with Crippen LogP contribution in [0.5, 0.6) is 0 Å². The molecule has 0 spiro atoms. The SMILES string of the molecule is CCC(=O)N1N=C(c2ccc(N)cc2)c2cc(Cl)ccc2CC1C. The van der Waals surface area contributed by atoms with Crippen LogP contribution in [0, 0.1) is 0 Å². The van der Waals surface area contributed by atoms with Crippen LogP contribution < -0.4 is 5.73 Å². The predicted molar refractivity (Wildman–Crippen MR) is 98.2 cm³/mol. The zero-order valence-corrected chi connectivity index (χ0v) is 14.5. The lowest BCUT2D eigenvalue weighted by Gasteiger charge is -2.22. The van der Waals surface area contributed by atoms with Gasteiger partial charge in [-0.1, -0.05) is 36.7 Å². The van der Waals surface area contributed by atoms with Crippen molar-refractivity contribution in [3.05, 3.63) is 64.2 Å². The first-order valence-electron chi connectivity index (χ1n) is 8.05. The summed E-state index contributed by atoms with van der Waals surface area (Å²) in [7, 11) is 0. The van der Waals surface area contributed by atoms with Crippen LogP contribution in [0.15, 0.2) is 47.6 Å². The summed E-state index contributed by atoms with van der Waals surface area (Å²) in [5.41, 5.74) is 10.2. The molecule has 0 bridgehead atoms. The van der Waals surface area contributed by atoms with Crippen molar-refractivity contribution in [3.8, 4) is 0 Å². The zero-order valence-electron chi connectivity index (χ0n) is 13.8. The van der Waals surface area contributed by atoms with Crippen molar-refractivity contribution >= 4 is 28.9 Å². The van der Waals surface area contributed by atoms with Gasteiger partial charge in [-0.3, -0.25) is 4.79 Å². The van der Waals surface area contributed by atoms with Crippen LogP contribution in [-0.4, -0.2) is 22.7 Å². The van der Waals surface area contributed by atoms with Gasteiger partial charge in [-0.2, -0.15) is 5.10 Å². The van der Waals surface area contributed by atoms with Crippen LogP contribution in [-0.2, 0) is 11.2 Å². The number of anilines is 1. The third-order valence-electron chi connectivity index (χ3n) is 4.21. The number of nitrogen functional groups attached to an aromatic ring is 1. The number of hydrazone groups is 1. The Balaban J connectivity index is 2.20. The van der Waals surface area contributed by atoms with E-state index in [4.69, 9.17) is 22.4 Å². The molecule has 0 saturated carbocycles. The van der Waals surface area contributed by atoms with Gasteiger partial charge >= 0.3 is 0 Å². The van der Waals surface area contributed by atoms with E-state index < -0.39 is 0 Å². The molecule has 2 aromatic carbocycles. The molecule has 0 aliphatic carbocycles. The van der Waals surface area contributed by atoms with E-state index in [0.717, 1.165) is 28.8 Å². The molecule has 0 radical (unpaired) electrons. The number of halogens is 1. The highest BCUT2D eigenvalue weighted by Crippen LogP contribution is 2.27. The molecule has 5 heteroatoms. The van der Waals surface area contributed by atoms with E-state index in [2.05, 4.69) is 0 Å². The third-order valence-corrected chi connectivity index (χ3v) is 4.44. The van der Waals surface area contributed by atoms with E-state index in [9.17, 15) is 4.79 Å². The average molecular weight is 342 g/mol. The van der Waals surface area contributed by atoms with Gasteiger partial charge in [0, 0.05) is 28.3 Å². The van der Waals surface area contributed by atoms with Gasteiger partial charge < -0.3 is 5.73 Å². The number of carbonyl (C=O) groups is 1. The van der Waals surface area contributed by atoms with Crippen LogP contribution in [0.1, 0.15) is 37.0 Å². The number of hydrogen-bond donors (Lipinski definition) is 1. The zero-order chi connectivity index (χ0) is 17.3. The number of carbonyl (C=O) groups excluding carboxylic acids is 1. The molecule has 1 heterocycles. The van der Waals surface area contributed by atoms with Gasteiger partial charge in [-0.05, 0) is 43.2 Å². The van der Waals surface area contributed by atoms with Crippen LogP contribution in [0.4, 0.5) is 5.69 Å². The minimum Gasteiger partial charge on any atom is -0.399 e. The van der Waals surface area contributed by atoms with E-state index in [1.54, 1.807) is 5.01 Å². The van der Waals surface area contributed by atoms with Crippen molar-refractivity contribution in [1.82, 2.24) is 5.01 Å². The van der Waals surface area contributed by atoms with Crippen molar-refractivity contribution in [2.75, 3.05) is 5.73 Å². The number of amides is 1. The molecule has 1 aliphatic heterocycles. The molecule has 3 rings (SSSR count). The summed E-state index contributed by atoms with van der Waals surface area (Å²) in [6.07, 6.45) is 1.15. The van der Waals surface area contributed by atoms with Gasteiger partial charge in [0.05, 0.1) is 11.8 Å². The Labute approximate surface area is 146 Å². The molecule has 1 unspecified atom stereocenters. The van der Waals surface area contributed by atoms with Crippen LogP contribution >= 0.6 is 11.6 Å². The predicted octanol–water partition coefficient (Wildman–Crippen LogP) is 3.86. The topological polar surface area (TPSA) is 58.7 Å². The Bertz CT molecular complexity index is 799. The average Bonchev–Trinajstić information content (AvgIpc) is 2.71. The molecular formula is C19H20ClN3O. The monoisotopic (exact) mass is 341 g/mol. The van der Waals surface area contributed by atoms with Crippen molar-refractivity contribution in [1.29, 1.82) is 0 Å². The number of hydrogen-bond acceptors (Lipinski definition) is 3. The molecule has 0 aromatic heterocycles. The van der Waals surface area contributed by atoms with E-state index in [-0.39, 0.29) is 11.9 Å². The van der Waals surface area contributed by atoms with E-state index in [1.165, 1.54) is 0 Å². The molecule has 1 aliphatic rings. The Hall–Kier alpha value is -2.33. The molecule has 0 fully saturated rings. The highest BCUT2D eigenvalue weighted by molar-refractivity contribution is 6.31. The second kappa shape index (κ2) is 6.65. The van der Waals surface area contributed by atoms with Crippen molar-refractivity contribution in [3.63, 3.8) is 0 Å². The lowest BCUT2D eigenvalue weighted by atomic mass is 9.94. The first-order valence-corrected chi connectivity index (χ1v) is 8.42. The Morgan fingerprint density at radius 1 is 1.29 bits per heavy atom. The van der Waals surface area contributed by atoms with Gasteiger partial charge in [0.25, 0.3) is 0 Å². The molecule has 1 amide bonds.